The van der Waals surface area contributed by atoms with E-state index < -0.39 is 4.92 Å². The molecule has 0 fully saturated rings. The first kappa shape index (κ1) is 13.1. The van der Waals surface area contributed by atoms with Crippen LogP contribution < -0.4 is 0 Å². The summed E-state index contributed by atoms with van der Waals surface area (Å²) in [5.41, 5.74) is 1.64. The maximum Gasteiger partial charge on any atom is 0.290 e. The zero-order valence-corrected chi connectivity index (χ0v) is 11.2. The number of hydrogen-bond donors (Lipinski definition) is 0. The van der Waals surface area contributed by atoms with E-state index >= 15 is 0 Å². The Hall–Kier alpha value is -0.970. The van der Waals surface area contributed by atoms with E-state index in [0.717, 1.165) is 12.1 Å². The van der Waals surface area contributed by atoms with Gasteiger partial charge in [-0.3, -0.25) is 15.1 Å². The highest BCUT2D eigenvalue weighted by Crippen LogP contribution is 2.21. The number of aryl methyl sites for hydroxylation is 1. The lowest BCUT2D eigenvalue weighted by Crippen LogP contribution is -2.11. The van der Waals surface area contributed by atoms with Gasteiger partial charge in [-0.25, -0.2) is 0 Å². The lowest BCUT2D eigenvalue weighted by Gasteiger charge is -2.12. The van der Waals surface area contributed by atoms with Gasteiger partial charge < -0.3 is 0 Å². The van der Waals surface area contributed by atoms with Crippen LogP contribution in [0, 0.1) is 23.0 Å². The van der Waals surface area contributed by atoms with Crippen molar-refractivity contribution in [2.45, 2.75) is 32.0 Å². The van der Waals surface area contributed by atoms with Crippen LogP contribution in [0.5, 0.6) is 0 Å². The Bertz CT molecular complexity index is 394. The van der Waals surface area contributed by atoms with Crippen LogP contribution in [-0.2, 0) is 6.42 Å². The minimum absolute atomic E-state index is 0.0828. The number of hydrogen-bond acceptors (Lipinski definition) is 3. The molecule has 88 valence electrons. The van der Waals surface area contributed by atoms with E-state index in [-0.39, 0.29) is 5.69 Å². The van der Waals surface area contributed by atoms with Gasteiger partial charge in [0.15, 0.2) is 0 Å². The minimum Gasteiger partial charge on any atom is -0.258 e. The molecule has 0 aromatic carbocycles. The SMILES string of the molecule is Cc1cc(CC(Br)C(C)C)ncc1[N+](=O)[O-]. The molecule has 0 aliphatic heterocycles. The molecule has 0 aliphatic rings. The van der Waals surface area contributed by atoms with Gasteiger partial charge in [-0.1, -0.05) is 29.8 Å². The van der Waals surface area contributed by atoms with E-state index in [0.29, 0.717) is 16.3 Å². The lowest BCUT2D eigenvalue weighted by molar-refractivity contribution is -0.385. The van der Waals surface area contributed by atoms with Crippen LogP contribution in [0.4, 0.5) is 5.69 Å². The minimum atomic E-state index is -0.403. The van der Waals surface area contributed by atoms with Crippen molar-refractivity contribution >= 4 is 21.6 Å². The summed E-state index contributed by atoms with van der Waals surface area (Å²) in [5, 5.41) is 10.6. The predicted octanol–water partition coefficient (Wildman–Crippen LogP) is 3.26. The van der Waals surface area contributed by atoms with E-state index in [9.17, 15) is 10.1 Å². The first-order valence-corrected chi connectivity index (χ1v) is 6.07. The third-order valence-corrected chi connectivity index (χ3v) is 3.85. The summed E-state index contributed by atoms with van der Waals surface area (Å²) in [6.07, 6.45) is 2.13. The highest BCUT2D eigenvalue weighted by Gasteiger charge is 2.15. The summed E-state index contributed by atoms with van der Waals surface area (Å²) < 4.78 is 0. The summed E-state index contributed by atoms with van der Waals surface area (Å²) in [6, 6.07) is 1.79. The van der Waals surface area contributed by atoms with Crippen LogP contribution in [0.3, 0.4) is 0 Å². The molecule has 5 heteroatoms. The number of aromatic nitrogens is 1. The highest BCUT2D eigenvalue weighted by atomic mass is 79.9. The van der Waals surface area contributed by atoms with Gasteiger partial charge in [0.1, 0.15) is 6.20 Å². The Morgan fingerprint density at radius 1 is 1.56 bits per heavy atom. The summed E-state index contributed by atoms with van der Waals surface area (Å²) in [5.74, 6) is 0.511. The van der Waals surface area contributed by atoms with E-state index in [2.05, 4.69) is 34.8 Å². The second-order valence-corrected chi connectivity index (χ2v) is 5.36. The van der Waals surface area contributed by atoms with Crippen molar-refractivity contribution in [2.75, 3.05) is 0 Å². The molecule has 1 rings (SSSR count). The smallest absolute Gasteiger partial charge is 0.258 e. The highest BCUT2D eigenvalue weighted by molar-refractivity contribution is 9.09. The first-order valence-electron chi connectivity index (χ1n) is 5.15. The van der Waals surface area contributed by atoms with Crippen LogP contribution in [0.15, 0.2) is 12.3 Å². The zero-order chi connectivity index (χ0) is 12.3. The number of pyridine rings is 1. The van der Waals surface area contributed by atoms with Gasteiger partial charge in [-0.05, 0) is 18.9 Å². The summed E-state index contributed by atoms with van der Waals surface area (Å²) in [4.78, 5) is 14.7. The Morgan fingerprint density at radius 3 is 2.62 bits per heavy atom. The summed E-state index contributed by atoms with van der Waals surface area (Å²) >= 11 is 3.58. The average Bonchev–Trinajstić information content (AvgIpc) is 2.16. The molecule has 1 heterocycles. The van der Waals surface area contributed by atoms with E-state index in [4.69, 9.17) is 0 Å². The van der Waals surface area contributed by atoms with Gasteiger partial charge in [0, 0.05) is 22.5 Å². The number of nitrogens with zero attached hydrogens (tertiary/aromatic N) is 2. The fourth-order valence-corrected chi connectivity index (χ4v) is 1.68. The van der Waals surface area contributed by atoms with E-state index in [1.807, 2.05) is 0 Å². The molecule has 1 unspecified atom stereocenters. The van der Waals surface area contributed by atoms with Gasteiger partial charge in [0.05, 0.1) is 4.92 Å². The topological polar surface area (TPSA) is 56.0 Å². The number of halogens is 1. The molecule has 0 saturated carbocycles. The predicted molar refractivity (Wildman–Crippen MR) is 66.9 cm³/mol. The number of nitro groups is 1. The Balaban J connectivity index is 2.85. The number of rotatable bonds is 4. The molecule has 0 N–H and O–H groups in total. The molecule has 1 atom stereocenters. The lowest BCUT2D eigenvalue weighted by atomic mass is 10.0. The molecule has 1 aromatic rings. The molecule has 0 aliphatic carbocycles. The van der Waals surface area contributed by atoms with Crippen LogP contribution in [0.25, 0.3) is 0 Å². The number of alkyl halides is 1. The van der Waals surface area contributed by atoms with Crippen molar-refractivity contribution in [3.05, 3.63) is 33.6 Å². The monoisotopic (exact) mass is 286 g/mol. The fourth-order valence-electron chi connectivity index (χ4n) is 1.35. The van der Waals surface area contributed by atoms with Crippen LogP contribution >= 0.6 is 15.9 Å². The molecule has 0 bridgehead atoms. The van der Waals surface area contributed by atoms with Crippen LogP contribution in [0.1, 0.15) is 25.1 Å². The largest absolute Gasteiger partial charge is 0.290 e. The van der Waals surface area contributed by atoms with Crippen molar-refractivity contribution in [3.63, 3.8) is 0 Å². The maximum absolute atomic E-state index is 10.6. The van der Waals surface area contributed by atoms with Crippen molar-refractivity contribution in [3.8, 4) is 0 Å². The molecule has 4 nitrogen and oxygen atoms in total. The average molecular weight is 287 g/mol. The van der Waals surface area contributed by atoms with E-state index in [1.165, 1.54) is 6.20 Å². The van der Waals surface area contributed by atoms with Crippen molar-refractivity contribution in [2.24, 2.45) is 5.92 Å². The van der Waals surface area contributed by atoms with Crippen molar-refractivity contribution in [1.29, 1.82) is 0 Å². The molecule has 1 aromatic heterocycles. The molecular weight excluding hydrogens is 272 g/mol. The van der Waals surface area contributed by atoms with Gasteiger partial charge in [0.25, 0.3) is 5.69 Å². The maximum atomic E-state index is 10.6. The van der Waals surface area contributed by atoms with Crippen LogP contribution in [-0.4, -0.2) is 14.7 Å². The van der Waals surface area contributed by atoms with Gasteiger partial charge >= 0.3 is 0 Å². The van der Waals surface area contributed by atoms with Gasteiger partial charge in [-0.2, -0.15) is 0 Å². The molecule has 16 heavy (non-hydrogen) atoms. The Kier molecular flexibility index (Phi) is 4.41. The van der Waals surface area contributed by atoms with Gasteiger partial charge in [0.2, 0.25) is 0 Å². The Morgan fingerprint density at radius 2 is 2.19 bits per heavy atom. The third-order valence-electron chi connectivity index (χ3n) is 2.46. The van der Waals surface area contributed by atoms with Crippen LogP contribution in [0.2, 0.25) is 0 Å². The molecule has 0 spiro atoms. The summed E-state index contributed by atoms with van der Waals surface area (Å²) in [6.45, 7) is 5.98. The fraction of sp³-hybridized carbons (Fsp3) is 0.545. The second kappa shape index (κ2) is 5.39. The van der Waals surface area contributed by atoms with Crippen molar-refractivity contribution < 1.29 is 4.92 Å². The summed E-state index contributed by atoms with van der Waals surface area (Å²) in [7, 11) is 0. The van der Waals surface area contributed by atoms with Crippen molar-refractivity contribution in [1.82, 2.24) is 4.98 Å². The zero-order valence-electron chi connectivity index (χ0n) is 9.61. The van der Waals surface area contributed by atoms with Gasteiger partial charge in [-0.15, -0.1) is 0 Å². The molecule has 0 amide bonds. The second-order valence-electron chi connectivity index (χ2n) is 4.18. The molecule has 0 radical (unpaired) electrons. The third kappa shape index (κ3) is 3.27. The quantitative estimate of drug-likeness (QED) is 0.485. The van der Waals surface area contributed by atoms with E-state index in [1.54, 1.807) is 13.0 Å². The standard InChI is InChI=1S/C11H15BrN2O2/c1-7(2)10(12)5-9-4-8(3)11(6-13-9)14(15)16/h4,6-7,10H,5H2,1-3H3. The Labute approximate surface area is 103 Å². The first-order chi connectivity index (χ1) is 7.41. The molecule has 0 saturated heterocycles. The normalized spacial score (nSPS) is 12.8. The molecular formula is C11H15BrN2O2.